The van der Waals surface area contributed by atoms with Gasteiger partial charge in [0.1, 0.15) is 12.6 Å². The zero-order valence-corrected chi connectivity index (χ0v) is 20.3. The number of aryl methyl sites for hydroxylation is 2. The van der Waals surface area contributed by atoms with Crippen LogP contribution in [0, 0.1) is 0 Å². The number of hydrogen-bond acceptors (Lipinski definition) is 4. The first-order chi connectivity index (χ1) is 16.2. The molecule has 0 amide bonds. The summed E-state index contributed by atoms with van der Waals surface area (Å²) >= 11 is 0. The van der Waals surface area contributed by atoms with Crippen LogP contribution in [-0.2, 0) is 22.4 Å². The summed E-state index contributed by atoms with van der Waals surface area (Å²) in [6.45, 7) is 4.27. The van der Waals surface area contributed by atoms with Gasteiger partial charge in [-0.1, -0.05) is 50.5 Å². The molecule has 0 radical (unpaired) electrons. The molecule has 0 bridgehead atoms. The second kappa shape index (κ2) is 15.8. The van der Waals surface area contributed by atoms with Gasteiger partial charge in [-0.05, 0) is 80.8 Å². The van der Waals surface area contributed by atoms with Gasteiger partial charge in [0.05, 0.1) is 22.8 Å². The second-order valence-corrected chi connectivity index (χ2v) is 8.52. The number of nitrogens with zero attached hydrogens (tertiary/aromatic N) is 2. The largest absolute Gasteiger partial charge is 0.303 e. The van der Waals surface area contributed by atoms with E-state index in [2.05, 4.69) is 43.3 Å². The summed E-state index contributed by atoms with van der Waals surface area (Å²) in [5.41, 5.74) is 6.33. The maximum atomic E-state index is 10.5. The number of rotatable bonds is 16. The fraction of sp³-hybridized carbons (Fsp3) is 0.448. The Bertz CT molecular complexity index is 896. The molecule has 4 nitrogen and oxygen atoms in total. The molecule has 2 aromatic rings. The van der Waals surface area contributed by atoms with Crippen molar-refractivity contribution < 1.29 is 9.59 Å². The van der Waals surface area contributed by atoms with Gasteiger partial charge in [0.15, 0.2) is 0 Å². The zero-order valence-electron chi connectivity index (χ0n) is 20.3. The predicted molar refractivity (Wildman–Crippen MR) is 140 cm³/mol. The van der Waals surface area contributed by atoms with Gasteiger partial charge in [-0.25, -0.2) is 0 Å². The van der Waals surface area contributed by atoms with E-state index in [-0.39, 0.29) is 0 Å². The van der Waals surface area contributed by atoms with Crippen molar-refractivity contribution in [3.8, 4) is 0 Å². The third-order valence-corrected chi connectivity index (χ3v) is 5.69. The molecule has 0 aliphatic heterocycles. The number of carbonyl (C=O) groups excluding carboxylic acids is 2. The molecule has 2 rings (SSSR count). The van der Waals surface area contributed by atoms with Crippen molar-refractivity contribution in [1.29, 1.82) is 0 Å². The molecule has 0 fully saturated rings. The highest BCUT2D eigenvalue weighted by atomic mass is 16.1. The maximum absolute atomic E-state index is 10.5. The van der Waals surface area contributed by atoms with Crippen LogP contribution in [0.2, 0.25) is 0 Å². The molecule has 4 heteroatoms. The van der Waals surface area contributed by atoms with E-state index in [4.69, 9.17) is 9.98 Å². The van der Waals surface area contributed by atoms with Gasteiger partial charge in [0, 0.05) is 12.8 Å². The summed E-state index contributed by atoms with van der Waals surface area (Å²) in [6.07, 6.45) is 12.5. The summed E-state index contributed by atoms with van der Waals surface area (Å²) in [5.74, 6) is 0. The Hall–Kier alpha value is -2.88. The summed E-state index contributed by atoms with van der Waals surface area (Å²) in [7, 11) is 0. The fourth-order valence-electron chi connectivity index (χ4n) is 3.70. The lowest BCUT2D eigenvalue weighted by Gasteiger charge is -2.08. The molecular weight excluding hydrogens is 408 g/mol. The summed E-state index contributed by atoms with van der Waals surface area (Å²) in [6, 6.07) is 16.6. The monoisotopic (exact) mass is 446 g/mol. The first-order valence-electron chi connectivity index (χ1n) is 12.3. The molecule has 0 aliphatic carbocycles. The predicted octanol–water partition coefficient (Wildman–Crippen LogP) is 7.57. The molecule has 0 aromatic heterocycles. The van der Waals surface area contributed by atoms with Gasteiger partial charge in [-0.2, -0.15) is 0 Å². The molecule has 0 heterocycles. The van der Waals surface area contributed by atoms with Crippen molar-refractivity contribution >= 4 is 35.4 Å². The minimum Gasteiger partial charge on any atom is -0.303 e. The molecule has 2 aromatic carbocycles. The van der Waals surface area contributed by atoms with Gasteiger partial charge in [-0.15, -0.1) is 0 Å². The van der Waals surface area contributed by atoms with E-state index in [1.807, 2.05) is 19.1 Å². The smallest absolute Gasteiger partial charge is 0.120 e. The summed E-state index contributed by atoms with van der Waals surface area (Å²) in [5, 5.41) is 0. The van der Waals surface area contributed by atoms with Gasteiger partial charge in [0.25, 0.3) is 0 Å². The maximum Gasteiger partial charge on any atom is 0.120 e. The van der Waals surface area contributed by atoms with Crippen LogP contribution < -0.4 is 0 Å². The molecule has 0 saturated carbocycles. The average molecular weight is 447 g/mol. The Balaban J connectivity index is 2.13. The molecule has 0 spiro atoms. The Morgan fingerprint density at radius 2 is 1.21 bits per heavy atom. The third-order valence-electron chi connectivity index (χ3n) is 5.69. The van der Waals surface area contributed by atoms with Crippen LogP contribution >= 0.6 is 0 Å². The number of benzene rings is 2. The van der Waals surface area contributed by atoms with Gasteiger partial charge < -0.3 is 9.59 Å². The molecule has 33 heavy (non-hydrogen) atoms. The summed E-state index contributed by atoms with van der Waals surface area (Å²) < 4.78 is 0. The second-order valence-electron chi connectivity index (χ2n) is 8.52. The molecule has 0 aliphatic rings. The first-order valence-corrected chi connectivity index (χ1v) is 12.3. The SMILES string of the molecule is CCCCCCC(=Nc1ccc(CCCC=O)cc1)C(C)=Nc1ccc(CCCC=O)cc1. The van der Waals surface area contributed by atoms with E-state index in [9.17, 15) is 9.59 Å². The third kappa shape index (κ3) is 10.5. The van der Waals surface area contributed by atoms with Crippen LogP contribution in [0.4, 0.5) is 11.4 Å². The van der Waals surface area contributed by atoms with Crippen LogP contribution in [0.5, 0.6) is 0 Å². The van der Waals surface area contributed by atoms with Crippen LogP contribution in [0.1, 0.15) is 82.8 Å². The lowest BCUT2D eigenvalue weighted by molar-refractivity contribution is -0.108. The molecule has 0 saturated heterocycles. The van der Waals surface area contributed by atoms with E-state index in [0.717, 1.165) is 73.9 Å². The topological polar surface area (TPSA) is 58.9 Å². The molecular formula is C29H38N2O2. The standard InChI is InChI=1S/C29H38N2O2/c1-3-4-5-6-13-29(31-28-20-16-26(17-21-28)12-8-10-23-33)24(2)30-27-18-14-25(15-19-27)11-7-9-22-32/h14-23H,3-13H2,1-2H3. The minimum atomic E-state index is 0.608. The number of unbranched alkanes of at least 4 members (excludes halogenated alkanes) is 5. The van der Waals surface area contributed by atoms with Crippen molar-refractivity contribution in [3.05, 3.63) is 59.7 Å². The van der Waals surface area contributed by atoms with Crippen LogP contribution in [0.3, 0.4) is 0 Å². The number of carbonyl (C=O) groups is 2. The normalized spacial score (nSPS) is 12.1. The van der Waals surface area contributed by atoms with Gasteiger partial charge in [0.2, 0.25) is 0 Å². The lowest BCUT2D eigenvalue weighted by atomic mass is 10.1. The van der Waals surface area contributed by atoms with E-state index < -0.39 is 0 Å². The van der Waals surface area contributed by atoms with E-state index in [0.29, 0.717) is 12.8 Å². The molecule has 0 N–H and O–H groups in total. The number of aldehydes is 2. The Kier molecular flexibility index (Phi) is 12.7. The highest BCUT2D eigenvalue weighted by molar-refractivity contribution is 6.42. The van der Waals surface area contributed by atoms with Crippen LogP contribution in [0.15, 0.2) is 58.5 Å². The highest BCUT2D eigenvalue weighted by Crippen LogP contribution is 2.19. The molecule has 0 atom stereocenters. The van der Waals surface area contributed by atoms with Gasteiger partial charge in [-0.3, -0.25) is 9.98 Å². The van der Waals surface area contributed by atoms with Crippen molar-refractivity contribution in [1.82, 2.24) is 0 Å². The van der Waals surface area contributed by atoms with Crippen molar-refractivity contribution in [2.75, 3.05) is 0 Å². The molecule has 176 valence electrons. The van der Waals surface area contributed by atoms with Crippen molar-refractivity contribution in [2.24, 2.45) is 9.98 Å². The minimum absolute atomic E-state index is 0.608. The average Bonchev–Trinajstić information content (AvgIpc) is 2.83. The van der Waals surface area contributed by atoms with Crippen LogP contribution in [-0.4, -0.2) is 24.0 Å². The quantitative estimate of drug-likeness (QED) is 0.152. The number of hydrogen-bond donors (Lipinski definition) is 0. The number of aliphatic imine (C=N–C) groups is 2. The zero-order chi connectivity index (χ0) is 23.7. The van der Waals surface area contributed by atoms with E-state index in [1.54, 1.807) is 0 Å². The molecule has 0 unspecified atom stereocenters. The van der Waals surface area contributed by atoms with Crippen molar-refractivity contribution in [2.45, 2.75) is 84.5 Å². The van der Waals surface area contributed by atoms with Crippen LogP contribution in [0.25, 0.3) is 0 Å². The lowest BCUT2D eigenvalue weighted by Crippen LogP contribution is -2.10. The fourth-order valence-corrected chi connectivity index (χ4v) is 3.70. The summed E-state index contributed by atoms with van der Waals surface area (Å²) in [4.78, 5) is 30.8. The highest BCUT2D eigenvalue weighted by Gasteiger charge is 2.06. The Morgan fingerprint density at radius 3 is 1.70 bits per heavy atom. The van der Waals surface area contributed by atoms with Gasteiger partial charge >= 0.3 is 0 Å². The Labute approximate surface area is 199 Å². The first kappa shape index (κ1) is 26.4. The van der Waals surface area contributed by atoms with E-state index in [1.165, 1.54) is 30.4 Å². The van der Waals surface area contributed by atoms with E-state index >= 15 is 0 Å². The van der Waals surface area contributed by atoms with Crippen molar-refractivity contribution in [3.63, 3.8) is 0 Å². The Morgan fingerprint density at radius 1 is 0.697 bits per heavy atom.